The number of carbonyl (C=O) groups is 1. The largest absolute Gasteiger partial charge is 0.497 e. The Labute approximate surface area is 228 Å². The van der Waals surface area contributed by atoms with E-state index in [1.54, 1.807) is 26.2 Å². The van der Waals surface area contributed by atoms with Gasteiger partial charge < -0.3 is 14.4 Å². The van der Waals surface area contributed by atoms with Gasteiger partial charge in [0.2, 0.25) is 0 Å². The topological polar surface area (TPSA) is 42.0 Å². The SMILES string of the molecule is C=CCN1CC[C@@]2(c3cccc(OC)c3)C[C@@H](N(C)C(=O)C#Cc3ccc(C(F)(F)F)cc3)CC[C@]2(OC)C1. The van der Waals surface area contributed by atoms with Crippen LogP contribution >= 0.6 is 0 Å². The number of halogens is 3. The Bertz CT molecular complexity index is 1250. The molecule has 8 heteroatoms. The highest BCUT2D eigenvalue weighted by molar-refractivity contribution is 5.94. The zero-order valence-corrected chi connectivity index (χ0v) is 22.7. The Kier molecular flexibility index (Phi) is 8.43. The summed E-state index contributed by atoms with van der Waals surface area (Å²) in [4.78, 5) is 17.2. The standard InChI is InChI=1S/C31H35F3N2O3/c1-5-18-36-19-17-29(25-7-6-8-27(20-25)38-3)21-26(15-16-30(29,22-36)39-4)35(2)28(37)14-11-23-9-12-24(13-10-23)31(32,33)34/h5-10,12-13,20,26H,1,15-19,21-22H2,2-4H3/t26-,29-,30-/m0/s1. The lowest BCUT2D eigenvalue weighted by Crippen LogP contribution is -2.68. The van der Waals surface area contributed by atoms with Crippen molar-refractivity contribution in [2.75, 3.05) is 40.9 Å². The maximum atomic E-state index is 13.1. The van der Waals surface area contributed by atoms with Crippen molar-refractivity contribution in [1.29, 1.82) is 0 Å². The minimum atomic E-state index is -4.42. The van der Waals surface area contributed by atoms with Crippen molar-refractivity contribution in [1.82, 2.24) is 9.80 Å². The summed E-state index contributed by atoms with van der Waals surface area (Å²) >= 11 is 0. The minimum Gasteiger partial charge on any atom is -0.497 e. The monoisotopic (exact) mass is 540 g/mol. The Morgan fingerprint density at radius 3 is 2.59 bits per heavy atom. The quantitative estimate of drug-likeness (QED) is 0.369. The maximum Gasteiger partial charge on any atom is 0.416 e. The summed E-state index contributed by atoms with van der Waals surface area (Å²) in [5.41, 5.74) is -0.0704. The van der Waals surface area contributed by atoms with E-state index in [1.165, 1.54) is 12.1 Å². The summed E-state index contributed by atoms with van der Waals surface area (Å²) in [6.45, 7) is 6.31. The summed E-state index contributed by atoms with van der Waals surface area (Å²) < 4.78 is 50.5. The Morgan fingerprint density at radius 1 is 1.21 bits per heavy atom. The van der Waals surface area contributed by atoms with Crippen LogP contribution in [-0.4, -0.2) is 68.3 Å². The number of fused-ring (bicyclic) bond motifs is 1. The molecule has 0 bridgehead atoms. The number of hydrogen-bond acceptors (Lipinski definition) is 4. The third-order valence-corrected chi connectivity index (χ3v) is 8.47. The van der Waals surface area contributed by atoms with Crippen LogP contribution in [0.4, 0.5) is 13.2 Å². The van der Waals surface area contributed by atoms with Gasteiger partial charge in [0, 0.05) is 50.2 Å². The fourth-order valence-corrected chi connectivity index (χ4v) is 6.28. The molecule has 2 fully saturated rings. The Balaban J connectivity index is 1.61. The fourth-order valence-electron chi connectivity index (χ4n) is 6.28. The number of piperidine rings is 1. The van der Waals surface area contributed by atoms with Crippen LogP contribution < -0.4 is 4.74 Å². The number of amides is 1. The summed E-state index contributed by atoms with van der Waals surface area (Å²) in [5.74, 6) is 5.76. The smallest absolute Gasteiger partial charge is 0.416 e. The van der Waals surface area contributed by atoms with Gasteiger partial charge in [-0.3, -0.25) is 9.69 Å². The lowest BCUT2D eigenvalue weighted by atomic mass is 9.55. The average molecular weight is 541 g/mol. The van der Waals surface area contributed by atoms with Crippen molar-refractivity contribution in [3.05, 3.63) is 77.9 Å². The molecule has 1 saturated heterocycles. The van der Waals surface area contributed by atoms with Crippen LogP contribution in [0.25, 0.3) is 0 Å². The number of carbonyl (C=O) groups excluding carboxylic acids is 1. The fraction of sp³-hybridized carbons (Fsp3) is 0.452. The molecule has 5 nitrogen and oxygen atoms in total. The molecule has 1 amide bonds. The first-order chi connectivity index (χ1) is 18.6. The van der Waals surface area contributed by atoms with Crippen molar-refractivity contribution in [2.24, 2.45) is 0 Å². The summed E-state index contributed by atoms with van der Waals surface area (Å²) in [6, 6.07) is 12.5. The highest BCUT2D eigenvalue weighted by Crippen LogP contribution is 2.54. The first-order valence-corrected chi connectivity index (χ1v) is 13.1. The molecular formula is C31H35F3N2O3. The molecule has 2 aromatic carbocycles. The Hall–Kier alpha value is -3.28. The van der Waals surface area contributed by atoms with Crippen LogP contribution in [0.3, 0.4) is 0 Å². The van der Waals surface area contributed by atoms with E-state index < -0.39 is 17.3 Å². The molecule has 0 spiro atoms. The highest BCUT2D eigenvalue weighted by Gasteiger charge is 2.59. The molecule has 3 atom stereocenters. The van der Waals surface area contributed by atoms with Gasteiger partial charge in [-0.2, -0.15) is 13.2 Å². The van der Waals surface area contributed by atoms with Crippen LogP contribution in [0, 0.1) is 11.8 Å². The highest BCUT2D eigenvalue weighted by atomic mass is 19.4. The third kappa shape index (κ3) is 5.70. The predicted octanol–water partition coefficient (Wildman–Crippen LogP) is 5.29. The van der Waals surface area contributed by atoms with Gasteiger partial charge in [0.1, 0.15) is 5.75 Å². The van der Waals surface area contributed by atoms with Crippen LogP contribution in [0.5, 0.6) is 5.75 Å². The normalized spacial score (nSPS) is 25.1. The van der Waals surface area contributed by atoms with Gasteiger partial charge in [-0.1, -0.05) is 24.1 Å². The molecular weight excluding hydrogens is 505 g/mol. The maximum absolute atomic E-state index is 13.1. The van der Waals surface area contributed by atoms with E-state index in [1.807, 2.05) is 18.2 Å². The third-order valence-electron chi connectivity index (χ3n) is 8.47. The molecule has 0 N–H and O–H groups in total. The molecule has 2 aliphatic rings. The van der Waals surface area contributed by atoms with Crippen molar-refractivity contribution in [3.63, 3.8) is 0 Å². The van der Waals surface area contributed by atoms with Crippen molar-refractivity contribution in [2.45, 2.75) is 48.9 Å². The van der Waals surface area contributed by atoms with Crippen LogP contribution in [-0.2, 0) is 21.1 Å². The second-order valence-electron chi connectivity index (χ2n) is 10.4. The van der Waals surface area contributed by atoms with Gasteiger partial charge >= 0.3 is 6.18 Å². The van der Waals surface area contributed by atoms with E-state index in [0.717, 1.165) is 62.3 Å². The van der Waals surface area contributed by atoms with Crippen molar-refractivity contribution < 1.29 is 27.4 Å². The zero-order valence-electron chi connectivity index (χ0n) is 22.7. The lowest BCUT2D eigenvalue weighted by molar-refractivity contribution is -0.157. The first kappa shape index (κ1) is 28.7. The molecule has 4 rings (SSSR count). The van der Waals surface area contributed by atoms with Crippen LogP contribution in [0.15, 0.2) is 61.2 Å². The number of methoxy groups -OCH3 is 2. The van der Waals surface area contributed by atoms with Gasteiger partial charge in [0.15, 0.2) is 0 Å². The number of rotatable bonds is 6. The van der Waals surface area contributed by atoms with Gasteiger partial charge in [-0.15, -0.1) is 6.58 Å². The zero-order chi connectivity index (χ0) is 28.3. The van der Waals surface area contributed by atoms with E-state index in [0.29, 0.717) is 12.0 Å². The number of ether oxygens (including phenoxy) is 2. The first-order valence-electron chi connectivity index (χ1n) is 13.1. The number of nitrogens with zero attached hydrogens (tertiary/aromatic N) is 2. The molecule has 2 aromatic rings. The van der Waals surface area contributed by atoms with Crippen LogP contribution in [0.2, 0.25) is 0 Å². The molecule has 0 unspecified atom stereocenters. The molecule has 39 heavy (non-hydrogen) atoms. The van der Waals surface area contributed by atoms with E-state index in [4.69, 9.17) is 9.47 Å². The lowest BCUT2D eigenvalue weighted by Gasteiger charge is -2.60. The number of hydrogen-bond donors (Lipinski definition) is 0. The van der Waals surface area contributed by atoms with E-state index in [2.05, 4.69) is 35.5 Å². The summed E-state index contributed by atoms with van der Waals surface area (Å²) in [5, 5.41) is 0. The van der Waals surface area contributed by atoms with Crippen molar-refractivity contribution >= 4 is 5.91 Å². The molecule has 1 heterocycles. The van der Waals surface area contributed by atoms with E-state index in [9.17, 15) is 18.0 Å². The van der Waals surface area contributed by atoms with Gasteiger partial charge in [0.05, 0.1) is 18.3 Å². The summed E-state index contributed by atoms with van der Waals surface area (Å²) in [7, 11) is 5.18. The predicted molar refractivity (Wildman–Crippen MR) is 144 cm³/mol. The molecule has 0 aromatic heterocycles. The second-order valence-corrected chi connectivity index (χ2v) is 10.4. The molecule has 1 aliphatic heterocycles. The molecule has 0 radical (unpaired) electrons. The number of benzene rings is 2. The second kappa shape index (κ2) is 11.4. The number of likely N-dealkylation sites (tertiary alicyclic amines) is 1. The van der Waals surface area contributed by atoms with Crippen molar-refractivity contribution in [3.8, 4) is 17.6 Å². The molecule has 1 saturated carbocycles. The summed E-state index contributed by atoms with van der Waals surface area (Å²) in [6.07, 6.45) is 0.530. The van der Waals surface area contributed by atoms with E-state index >= 15 is 0 Å². The number of alkyl halides is 3. The van der Waals surface area contributed by atoms with Crippen LogP contribution in [0.1, 0.15) is 42.4 Å². The van der Waals surface area contributed by atoms with E-state index in [-0.39, 0.29) is 17.4 Å². The van der Waals surface area contributed by atoms with Gasteiger partial charge in [-0.05, 0) is 74.2 Å². The molecule has 208 valence electrons. The Morgan fingerprint density at radius 2 is 1.95 bits per heavy atom. The average Bonchev–Trinajstić information content (AvgIpc) is 2.95. The molecule has 1 aliphatic carbocycles. The minimum absolute atomic E-state index is 0.0835. The van der Waals surface area contributed by atoms with Gasteiger partial charge in [0.25, 0.3) is 5.91 Å². The van der Waals surface area contributed by atoms with Gasteiger partial charge in [-0.25, -0.2) is 0 Å².